The van der Waals surface area contributed by atoms with Crippen molar-refractivity contribution in [2.45, 2.75) is 5.88 Å². The van der Waals surface area contributed by atoms with Crippen LogP contribution in [0, 0.1) is 0 Å². The summed E-state index contributed by atoms with van der Waals surface area (Å²) >= 11 is 8.72. The predicted octanol–water partition coefficient (Wildman–Crippen LogP) is 2.83. The van der Waals surface area contributed by atoms with Gasteiger partial charge in [-0.1, -0.05) is 0 Å². The fourth-order valence-corrected chi connectivity index (χ4v) is 1.38. The number of hydrogen-bond donors (Lipinski definition) is 0. The van der Waals surface area contributed by atoms with Crippen LogP contribution in [0.25, 0.3) is 11.5 Å². The summed E-state index contributed by atoms with van der Waals surface area (Å²) in [5.74, 6) is 1.00. The van der Waals surface area contributed by atoms with Crippen molar-refractivity contribution < 1.29 is 8.83 Å². The van der Waals surface area contributed by atoms with Crippen LogP contribution < -0.4 is 0 Å². The Labute approximate surface area is 87.0 Å². The smallest absolute Gasteiger partial charge is 0.252 e. The van der Waals surface area contributed by atoms with Crippen LogP contribution in [-0.2, 0) is 5.88 Å². The molecule has 0 bridgehead atoms. The largest absolute Gasteiger partial charge is 0.457 e. The number of nitrogens with zero attached hydrogens (tertiary/aromatic N) is 2. The highest BCUT2D eigenvalue weighted by Gasteiger charge is 2.12. The van der Waals surface area contributed by atoms with E-state index >= 15 is 0 Å². The van der Waals surface area contributed by atoms with Crippen molar-refractivity contribution in [2.75, 3.05) is 0 Å². The summed E-state index contributed by atoms with van der Waals surface area (Å²) in [6.07, 6.45) is 1.53. The van der Waals surface area contributed by atoms with Crippen molar-refractivity contribution in [3.63, 3.8) is 0 Å². The van der Waals surface area contributed by atoms with Gasteiger partial charge in [-0.3, -0.25) is 0 Å². The number of aromatic nitrogens is 2. The molecule has 0 saturated carbocycles. The SMILES string of the molecule is ClCc1nnc(-c2ccoc2Br)o1. The second-order valence-electron chi connectivity index (χ2n) is 2.24. The van der Waals surface area contributed by atoms with Crippen LogP contribution in [0.2, 0.25) is 0 Å². The lowest BCUT2D eigenvalue weighted by Gasteiger charge is -1.87. The normalized spacial score (nSPS) is 10.6. The van der Waals surface area contributed by atoms with Crippen LogP contribution in [0.3, 0.4) is 0 Å². The van der Waals surface area contributed by atoms with E-state index in [1.165, 1.54) is 6.26 Å². The molecule has 6 heteroatoms. The molecule has 0 spiro atoms. The molecule has 0 saturated heterocycles. The summed E-state index contributed by atoms with van der Waals surface area (Å²) in [6.45, 7) is 0. The highest BCUT2D eigenvalue weighted by Crippen LogP contribution is 2.28. The first-order valence-corrected chi connectivity index (χ1v) is 4.75. The first kappa shape index (κ1) is 8.77. The van der Waals surface area contributed by atoms with Crippen LogP contribution in [0.1, 0.15) is 5.89 Å². The van der Waals surface area contributed by atoms with Crippen LogP contribution in [0.5, 0.6) is 0 Å². The number of halogens is 2. The maximum Gasteiger partial charge on any atom is 0.252 e. The van der Waals surface area contributed by atoms with Gasteiger partial charge in [0.15, 0.2) is 4.67 Å². The molecule has 0 amide bonds. The Morgan fingerprint density at radius 3 is 2.85 bits per heavy atom. The molecular formula is C7H4BrClN2O2. The van der Waals surface area contributed by atoms with E-state index < -0.39 is 0 Å². The molecular weight excluding hydrogens is 259 g/mol. The Kier molecular flexibility index (Phi) is 2.37. The van der Waals surface area contributed by atoms with Gasteiger partial charge in [0.05, 0.1) is 11.8 Å². The van der Waals surface area contributed by atoms with E-state index in [9.17, 15) is 0 Å². The summed E-state index contributed by atoms with van der Waals surface area (Å²) in [5, 5.41) is 7.52. The zero-order chi connectivity index (χ0) is 9.26. The van der Waals surface area contributed by atoms with Gasteiger partial charge < -0.3 is 8.83 Å². The molecule has 13 heavy (non-hydrogen) atoms. The van der Waals surface area contributed by atoms with Gasteiger partial charge >= 0.3 is 0 Å². The highest BCUT2D eigenvalue weighted by atomic mass is 79.9. The standard InChI is InChI=1S/C7H4BrClN2O2/c8-6-4(1-2-12-6)7-11-10-5(3-9)13-7/h1-2H,3H2. The molecule has 2 heterocycles. The third-order valence-corrected chi connectivity index (χ3v) is 2.27. The van der Waals surface area contributed by atoms with E-state index in [1.54, 1.807) is 6.07 Å². The summed E-state index contributed by atoms with van der Waals surface area (Å²) in [4.78, 5) is 0. The zero-order valence-electron chi connectivity index (χ0n) is 6.33. The van der Waals surface area contributed by atoms with E-state index in [0.29, 0.717) is 16.5 Å². The molecule has 0 aliphatic rings. The quantitative estimate of drug-likeness (QED) is 0.782. The van der Waals surface area contributed by atoms with Crippen LogP contribution >= 0.6 is 27.5 Å². The number of hydrogen-bond acceptors (Lipinski definition) is 4. The Bertz CT molecular complexity index is 412. The minimum Gasteiger partial charge on any atom is -0.457 e. The predicted molar refractivity (Wildman–Crippen MR) is 49.3 cm³/mol. The topological polar surface area (TPSA) is 52.1 Å². The van der Waals surface area contributed by atoms with Crippen LogP contribution in [0.4, 0.5) is 0 Å². The third-order valence-electron chi connectivity index (χ3n) is 1.43. The maximum absolute atomic E-state index is 5.51. The molecule has 68 valence electrons. The van der Waals surface area contributed by atoms with Gasteiger partial charge in [-0.15, -0.1) is 21.8 Å². The number of rotatable bonds is 2. The summed E-state index contributed by atoms with van der Waals surface area (Å²) in [7, 11) is 0. The fraction of sp³-hybridized carbons (Fsp3) is 0.143. The van der Waals surface area contributed by atoms with Gasteiger partial charge in [0.25, 0.3) is 5.89 Å². The zero-order valence-corrected chi connectivity index (χ0v) is 8.67. The Morgan fingerprint density at radius 1 is 1.46 bits per heavy atom. The second-order valence-corrected chi connectivity index (χ2v) is 3.23. The second kappa shape index (κ2) is 3.51. The molecule has 0 atom stereocenters. The van der Waals surface area contributed by atoms with Crippen molar-refractivity contribution in [3.05, 3.63) is 22.9 Å². The Hall–Kier alpha value is -0.810. The monoisotopic (exact) mass is 262 g/mol. The molecule has 0 aliphatic heterocycles. The lowest BCUT2D eigenvalue weighted by molar-refractivity contribution is 0.518. The maximum atomic E-state index is 5.51. The van der Waals surface area contributed by atoms with E-state index in [4.69, 9.17) is 20.4 Å². The van der Waals surface area contributed by atoms with Crippen molar-refractivity contribution in [1.29, 1.82) is 0 Å². The molecule has 2 aromatic heterocycles. The molecule has 0 N–H and O–H groups in total. The molecule has 0 radical (unpaired) electrons. The Balaban J connectivity index is 2.41. The fourth-order valence-electron chi connectivity index (χ4n) is 0.863. The van der Waals surface area contributed by atoms with E-state index in [0.717, 1.165) is 5.56 Å². The van der Waals surface area contributed by atoms with E-state index in [1.807, 2.05) is 0 Å². The van der Waals surface area contributed by atoms with Gasteiger partial charge in [-0.2, -0.15) is 0 Å². The van der Waals surface area contributed by atoms with Crippen molar-refractivity contribution in [1.82, 2.24) is 10.2 Å². The average Bonchev–Trinajstić information content (AvgIpc) is 2.71. The van der Waals surface area contributed by atoms with Crippen molar-refractivity contribution in [3.8, 4) is 11.5 Å². The van der Waals surface area contributed by atoms with Crippen molar-refractivity contribution >= 4 is 27.5 Å². The highest BCUT2D eigenvalue weighted by molar-refractivity contribution is 9.10. The first-order valence-electron chi connectivity index (χ1n) is 3.43. The summed E-state index contributed by atoms with van der Waals surface area (Å²) in [5.41, 5.74) is 0.726. The van der Waals surface area contributed by atoms with Gasteiger partial charge in [-0.05, 0) is 22.0 Å². The lowest BCUT2D eigenvalue weighted by atomic mass is 10.3. The third kappa shape index (κ3) is 1.62. The minimum atomic E-state index is 0.211. The van der Waals surface area contributed by atoms with Crippen LogP contribution in [0.15, 0.2) is 25.8 Å². The summed E-state index contributed by atoms with van der Waals surface area (Å²) < 4.78 is 10.8. The van der Waals surface area contributed by atoms with Gasteiger partial charge in [0.2, 0.25) is 5.89 Å². The molecule has 4 nitrogen and oxygen atoms in total. The average molecular weight is 263 g/mol. The number of furan rings is 1. The molecule has 0 aliphatic carbocycles. The first-order chi connectivity index (χ1) is 6.31. The van der Waals surface area contributed by atoms with Gasteiger partial charge in [0, 0.05) is 0 Å². The molecule has 0 fully saturated rings. The van der Waals surface area contributed by atoms with Gasteiger partial charge in [0.1, 0.15) is 5.88 Å². The van der Waals surface area contributed by atoms with Crippen LogP contribution in [-0.4, -0.2) is 10.2 Å². The molecule has 2 rings (SSSR count). The summed E-state index contributed by atoms with van der Waals surface area (Å²) in [6, 6.07) is 1.73. The van der Waals surface area contributed by atoms with Gasteiger partial charge in [-0.25, -0.2) is 0 Å². The minimum absolute atomic E-state index is 0.211. The van der Waals surface area contributed by atoms with E-state index in [2.05, 4.69) is 26.1 Å². The van der Waals surface area contributed by atoms with Crippen molar-refractivity contribution in [2.24, 2.45) is 0 Å². The molecule has 0 aromatic carbocycles. The number of alkyl halides is 1. The molecule has 2 aromatic rings. The lowest BCUT2D eigenvalue weighted by Crippen LogP contribution is -1.74. The molecule has 0 unspecified atom stereocenters. The Morgan fingerprint density at radius 2 is 2.31 bits per heavy atom. The van der Waals surface area contributed by atoms with E-state index in [-0.39, 0.29) is 5.88 Å².